The van der Waals surface area contributed by atoms with Crippen molar-refractivity contribution >= 4 is 34.1 Å². The number of aryl methyl sites for hydroxylation is 1. The minimum Gasteiger partial charge on any atom is -0.294 e. The van der Waals surface area contributed by atoms with Gasteiger partial charge in [0.05, 0.1) is 28.8 Å². The molecule has 3 aromatic rings. The Morgan fingerprint density at radius 1 is 1.19 bits per heavy atom. The second kappa shape index (κ2) is 5.51. The summed E-state index contributed by atoms with van der Waals surface area (Å²) in [5, 5.41) is 1.25. The van der Waals surface area contributed by atoms with Crippen LogP contribution in [-0.2, 0) is 6.54 Å². The lowest BCUT2D eigenvalue weighted by Gasteiger charge is -2.09. The van der Waals surface area contributed by atoms with Crippen molar-refractivity contribution in [2.45, 2.75) is 13.5 Å². The van der Waals surface area contributed by atoms with Gasteiger partial charge >= 0.3 is 0 Å². The van der Waals surface area contributed by atoms with Crippen molar-refractivity contribution in [3.8, 4) is 0 Å². The fraction of sp³-hybridized carbons (Fsp3) is 0.125. The van der Waals surface area contributed by atoms with Gasteiger partial charge in [0.25, 0.3) is 5.56 Å². The number of aromatic nitrogens is 2. The van der Waals surface area contributed by atoms with Crippen molar-refractivity contribution in [3.63, 3.8) is 0 Å². The summed E-state index contributed by atoms with van der Waals surface area (Å²) in [6, 6.07) is 11.1. The molecule has 0 unspecified atom stereocenters. The Morgan fingerprint density at radius 3 is 2.71 bits per heavy atom. The van der Waals surface area contributed by atoms with Crippen LogP contribution in [0, 0.1) is 6.92 Å². The van der Waals surface area contributed by atoms with E-state index in [-0.39, 0.29) is 5.56 Å². The lowest BCUT2D eigenvalue weighted by molar-refractivity contribution is 0.744. The zero-order chi connectivity index (χ0) is 15.0. The molecule has 0 aliphatic heterocycles. The lowest BCUT2D eigenvalue weighted by Crippen LogP contribution is -2.21. The van der Waals surface area contributed by atoms with Gasteiger partial charge in [-0.15, -0.1) is 0 Å². The number of hydrogen-bond donors (Lipinski definition) is 0. The monoisotopic (exact) mass is 318 g/mol. The van der Waals surface area contributed by atoms with Gasteiger partial charge in [0.1, 0.15) is 0 Å². The van der Waals surface area contributed by atoms with E-state index in [0.29, 0.717) is 27.5 Å². The molecule has 0 spiro atoms. The molecule has 0 atom stereocenters. The van der Waals surface area contributed by atoms with Crippen molar-refractivity contribution in [2.75, 3.05) is 0 Å². The molecular formula is C16H12Cl2N2O. The molecule has 0 fully saturated rings. The molecular weight excluding hydrogens is 307 g/mol. The van der Waals surface area contributed by atoms with Gasteiger partial charge < -0.3 is 0 Å². The summed E-state index contributed by atoms with van der Waals surface area (Å²) >= 11 is 12.1. The van der Waals surface area contributed by atoms with E-state index in [1.54, 1.807) is 16.7 Å². The molecule has 0 saturated carbocycles. The van der Waals surface area contributed by atoms with Crippen LogP contribution in [0.5, 0.6) is 0 Å². The van der Waals surface area contributed by atoms with E-state index >= 15 is 0 Å². The summed E-state index contributed by atoms with van der Waals surface area (Å²) in [4.78, 5) is 16.8. The largest absolute Gasteiger partial charge is 0.294 e. The Labute approximate surface area is 131 Å². The molecule has 3 nitrogen and oxygen atoms in total. The average Bonchev–Trinajstić information content (AvgIpc) is 2.44. The Morgan fingerprint density at radius 2 is 1.95 bits per heavy atom. The molecule has 0 aliphatic rings. The molecule has 1 heterocycles. The number of hydrogen-bond acceptors (Lipinski definition) is 2. The van der Waals surface area contributed by atoms with Crippen LogP contribution in [0.25, 0.3) is 10.9 Å². The molecule has 0 saturated heterocycles. The topological polar surface area (TPSA) is 34.9 Å². The predicted molar refractivity (Wildman–Crippen MR) is 86.3 cm³/mol. The fourth-order valence-electron chi connectivity index (χ4n) is 2.28. The van der Waals surface area contributed by atoms with E-state index in [1.807, 2.05) is 31.2 Å². The van der Waals surface area contributed by atoms with Gasteiger partial charge in [-0.05, 0) is 30.2 Å². The molecule has 0 radical (unpaired) electrons. The maximum absolute atomic E-state index is 12.6. The summed E-state index contributed by atoms with van der Waals surface area (Å²) in [7, 11) is 0. The van der Waals surface area contributed by atoms with Gasteiger partial charge in [0.15, 0.2) is 0 Å². The summed E-state index contributed by atoms with van der Waals surface area (Å²) in [5.74, 6) is 0. The van der Waals surface area contributed by atoms with Crippen LogP contribution >= 0.6 is 23.2 Å². The third-order valence-corrected chi connectivity index (χ3v) is 3.95. The lowest BCUT2D eigenvalue weighted by atomic mass is 10.1. The van der Waals surface area contributed by atoms with Crippen LogP contribution in [0.15, 0.2) is 47.5 Å². The maximum Gasteiger partial charge on any atom is 0.261 e. The summed E-state index contributed by atoms with van der Waals surface area (Å²) in [6.07, 6.45) is 1.52. The SMILES string of the molecule is Cc1ccccc1Cn1cnc2c(Cl)cc(Cl)cc2c1=O. The third kappa shape index (κ3) is 2.67. The van der Waals surface area contributed by atoms with Crippen LogP contribution in [0.3, 0.4) is 0 Å². The van der Waals surface area contributed by atoms with Crippen molar-refractivity contribution in [1.82, 2.24) is 9.55 Å². The summed E-state index contributed by atoms with van der Waals surface area (Å²) < 4.78 is 1.57. The number of fused-ring (bicyclic) bond motifs is 1. The van der Waals surface area contributed by atoms with E-state index < -0.39 is 0 Å². The normalized spacial score (nSPS) is 11.0. The van der Waals surface area contributed by atoms with Crippen molar-refractivity contribution in [3.05, 3.63) is 74.3 Å². The van der Waals surface area contributed by atoms with Crippen LogP contribution in [0.4, 0.5) is 0 Å². The van der Waals surface area contributed by atoms with Crippen LogP contribution in [0.2, 0.25) is 10.0 Å². The zero-order valence-corrected chi connectivity index (χ0v) is 12.8. The van der Waals surface area contributed by atoms with Crippen LogP contribution < -0.4 is 5.56 Å². The number of halogens is 2. The van der Waals surface area contributed by atoms with E-state index in [2.05, 4.69) is 4.98 Å². The summed E-state index contributed by atoms with van der Waals surface area (Å²) in [6.45, 7) is 2.49. The highest BCUT2D eigenvalue weighted by atomic mass is 35.5. The molecule has 5 heteroatoms. The Kier molecular flexibility index (Phi) is 3.70. The molecule has 21 heavy (non-hydrogen) atoms. The van der Waals surface area contributed by atoms with Gasteiger partial charge in [-0.3, -0.25) is 9.36 Å². The number of benzene rings is 2. The fourth-order valence-corrected chi connectivity index (χ4v) is 2.82. The Hall–Kier alpha value is -1.84. The highest BCUT2D eigenvalue weighted by Crippen LogP contribution is 2.24. The maximum atomic E-state index is 12.6. The molecule has 0 bridgehead atoms. The van der Waals surface area contributed by atoms with Gasteiger partial charge in [-0.25, -0.2) is 4.98 Å². The predicted octanol–water partition coefficient (Wildman–Crippen LogP) is 4.06. The van der Waals surface area contributed by atoms with Gasteiger partial charge in [-0.1, -0.05) is 47.5 Å². The van der Waals surface area contributed by atoms with E-state index in [9.17, 15) is 4.79 Å². The average molecular weight is 319 g/mol. The van der Waals surface area contributed by atoms with E-state index in [1.165, 1.54) is 6.33 Å². The van der Waals surface area contributed by atoms with Crippen molar-refractivity contribution < 1.29 is 0 Å². The van der Waals surface area contributed by atoms with Crippen LogP contribution in [-0.4, -0.2) is 9.55 Å². The van der Waals surface area contributed by atoms with Crippen molar-refractivity contribution in [2.24, 2.45) is 0 Å². The standard InChI is InChI=1S/C16H12Cl2N2O/c1-10-4-2-3-5-11(10)8-20-9-19-15-13(16(20)21)6-12(17)7-14(15)18/h2-7,9H,8H2,1H3. The Balaban J connectivity index is 2.15. The highest BCUT2D eigenvalue weighted by Gasteiger charge is 2.09. The number of nitrogens with zero attached hydrogens (tertiary/aromatic N) is 2. The highest BCUT2D eigenvalue weighted by molar-refractivity contribution is 6.38. The van der Waals surface area contributed by atoms with E-state index in [0.717, 1.165) is 11.1 Å². The molecule has 0 N–H and O–H groups in total. The molecule has 106 valence electrons. The summed E-state index contributed by atoms with van der Waals surface area (Å²) in [5.41, 5.74) is 2.54. The number of rotatable bonds is 2. The first-order valence-corrected chi connectivity index (χ1v) is 7.20. The van der Waals surface area contributed by atoms with Gasteiger partial charge in [-0.2, -0.15) is 0 Å². The minimum atomic E-state index is -0.146. The van der Waals surface area contributed by atoms with E-state index in [4.69, 9.17) is 23.2 Å². The van der Waals surface area contributed by atoms with Gasteiger partial charge in [0, 0.05) is 5.02 Å². The third-order valence-electron chi connectivity index (χ3n) is 3.45. The quantitative estimate of drug-likeness (QED) is 0.714. The van der Waals surface area contributed by atoms with Gasteiger partial charge in [0.2, 0.25) is 0 Å². The second-order valence-electron chi connectivity index (χ2n) is 4.89. The second-order valence-corrected chi connectivity index (χ2v) is 5.73. The molecule has 1 aromatic heterocycles. The minimum absolute atomic E-state index is 0.146. The zero-order valence-electron chi connectivity index (χ0n) is 11.3. The first-order valence-electron chi connectivity index (χ1n) is 6.45. The Bertz CT molecular complexity index is 887. The smallest absolute Gasteiger partial charge is 0.261 e. The van der Waals surface area contributed by atoms with Crippen molar-refractivity contribution in [1.29, 1.82) is 0 Å². The first kappa shape index (κ1) is 14.1. The first-order chi connectivity index (χ1) is 10.1. The molecule has 2 aromatic carbocycles. The molecule has 0 amide bonds. The molecule has 3 rings (SSSR count). The molecule has 0 aliphatic carbocycles. The van der Waals surface area contributed by atoms with Crippen LogP contribution in [0.1, 0.15) is 11.1 Å².